The quantitative estimate of drug-likeness (QED) is 0.432. The van der Waals surface area contributed by atoms with Crippen LogP contribution in [0.5, 0.6) is 17.2 Å². The lowest BCUT2D eigenvalue weighted by Crippen LogP contribution is -2.17. The molecule has 1 amide bonds. The van der Waals surface area contributed by atoms with E-state index in [0.717, 1.165) is 12.1 Å². The van der Waals surface area contributed by atoms with E-state index in [1.807, 2.05) is 0 Å². The normalized spacial score (nSPS) is 9.96. The molecule has 0 aliphatic rings. The number of anilines is 1. The van der Waals surface area contributed by atoms with Crippen LogP contribution in [0.1, 0.15) is 23.7 Å². The molecule has 0 aliphatic carbocycles. The highest BCUT2D eigenvalue weighted by Crippen LogP contribution is 2.22. The van der Waals surface area contributed by atoms with Gasteiger partial charge in [-0.3, -0.25) is 10.1 Å². The van der Waals surface area contributed by atoms with E-state index in [2.05, 4.69) is 5.32 Å². The minimum atomic E-state index is -1.33. The van der Waals surface area contributed by atoms with Gasteiger partial charge in [0.2, 0.25) is 0 Å². The zero-order valence-corrected chi connectivity index (χ0v) is 13.2. The summed E-state index contributed by atoms with van der Waals surface area (Å²) in [7, 11) is 0. The van der Waals surface area contributed by atoms with E-state index >= 15 is 0 Å². The van der Waals surface area contributed by atoms with Gasteiger partial charge in [0.1, 0.15) is 22.8 Å². The summed E-state index contributed by atoms with van der Waals surface area (Å²) in [4.78, 5) is 33.9. The van der Waals surface area contributed by atoms with Gasteiger partial charge in [0, 0.05) is 12.1 Å². The number of amides is 1. The van der Waals surface area contributed by atoms with Crippen LogP contribution in [0.25, 0.3) is 0 Å². The van der Waals surface area contributed by atoms with Crippen LogP contribution >= 0.6 is 0 Å². The highest BCUT2D eigenvalue weighted by Gasteiger charge is 2.12. The minimum Gasteiger partial charge on any atom is -0.507 e. The molecule has 3 N–H and O–H groups in total. The monoisotopic (exact) mass is 345 g/mol. The Hall–Kier alpha value is -3.55. The number of hydrogen-bond donors (Lipinski definition) is 3. The van der Waals surface area contributed by atoms with Crippen molar-refractivity contribution in [2.45, 2.75) is 13.3 Å². The van der Waals surface area contributed by atoms with Gasteiger partial charge in [-0.2, -0.15) is 0 Å². The number of hydrogen-bond acceptors (Lipinski definition) is 6. The number of carbonyl (C=O) groups excluding carboxylic acids is 2. The molecule has 0 spiro atoms. The van der Waals surface area contributed by atoms with Gasteiger partial charge in [0.05, 0.1) is 0 Å². The number of esters is 1. The van der Waals surface area contributed by atoms with Crippen LogP contribution in [0.2, 0.25) is 0 Å². The van der Waals surface area contributed by atoms with E-state index in [9.17, 15) is 19.5 Å². The Balaban J connectivity index is 1.99. The molecule has 0 unspecified atom stereocenters. The van der Waals surface area contributed by atoms with Gasteiger partial charge in [-0.05, 0) is 42.5 Å². The first-order valence-corrected chi connectivity index (χ1v) is 7.25. The maximum Gasteiger partial charge on any atom is 0.417 e. The largest absolute Gasteiger partial charge is 0.507 e. The molecule has 2 rings (SSSR count). The van der Waals surface area contributed by atoms with E-state index in [4.69, 9.17) is 14.6 Å². The number of carboxylic acid groups (broad SMARTS) is 1. The fraction of sp³-hybridized carbons (Fsp3) is 0.118. The molecule has 0 bridgehead atoms. The van der Waals surface area contributed by atoms with E-state index in [1.165, 1.54) is 30.3 Å². The average molecular weight is 345 g/mol. The summed E-state index contributed by atoms with van der Waals surface area (Å²) in [6.07, 6.45) is -0.605. The molecule has 2 aromatic carbocycles. The first-order chi connectivity index (χ1) is 11.9. The molecule has 0 aromatic heterocycles. The number of aromatic carboxylic acids is 1. The van der Waals surface area contributed by atoms with Gasteiger partial charge in [-0.15, -0.1) is 0 Å². The van der Waals surface area contributed by atoms with Crippen LogP contribution in [0.15, 0.2) is 42.5 Å². The zero-order valence-electron chi connectivity index (χ0n) is 13.2. The van der Waals surface area contributed by atoms with Gasteiger partial charge in [0.15, 0.2) is 0 Å². The molecule has 8 nitrogen and oxygen atoms in total. The maximum atomic E-state index is 11.8. The smallest absolute Gasteiger partial charge is 0.417 e. The number of ether oxygens (including phenoxy) is 2. The minimum absolute atomic E-state index is 0.147. The first-order valence-electron chi connectivity index (χ1n) is 7.25. The van der Waals surface area contributed by atoms with Crippen molar-refractivity contribution in [2.75, 3.05) is 5.32 Å². The number of aromatic hydroxyl groups is 1. The highest BCUT2D eigenvalue weighted by atomic mass is 16.6. The van der Waals surface area contributed by atoms with Gasteiger partial charge in [0.25, 0.3) is 0 Å². The van der Waals surface area contributed by atoms with Crippen LogP contribution in [0, 0.1) is 0 Å². The molecular formula is C17H15NO7. The number of rotatable bonds is 5. The van der Waals surface area contributed by atoms with E-state index in [-0.39, 0.29) is 29.4 Å². The molecular weight excluding hydrogens is 330 g/mol. The molecule has 0 heterocycles. The third kappa shape index (κ3) is 4.96. The summed E-state index contributed by atoms with van der Waals surface area (Å²) in [5, 5.41) is 20.7. The Kier molecular flexibility index (Phi) is 5.57. The first kappa shape index (κ1) is 17.8. The predicted molar refractivity (Wildman–Crippen MR) is 87.1 cm³/mol. The molecule has 130 valence electrons. The topological polar surface area (TPSA) is 122 Å². The Morgan fingerprint density at radius 3 is 2.16 bits per heavy atom. The van der Waals surface area contributed by atoms with Crippen molar-refractivity contribution in [3.05, 3.63) is 48.0 Å². The summed E-state index contributed by atoms with van der Waals surface area (Å²) in [6, 6.07) is 9.41. The standard InChI is InChI=1S/C17H15NO7/c1-2-15(20)24-11-4-6-12(7-5-11)25-17(23)18-10-3-8-14(19)13(9-10)16(21)22/h3-9,19H,2H2,1H3,(H,18,23)(H,21,22). The number of carbonyl (C=O) groups is 3. The molecule has 8 heteroatoms. The summed E-state index contributed by atoms with van der Waals surface area (Å²) in [5.74, 6) is -1.60. The van der Waals surface area contributed by atoms with Crippen LogP contribution in [0.3, 0.4) is 0 Å². The molecule has 0 atom stereocenters. The van der Waals surface area contributed by atoms with Crippen molar-refractivity contribution >= 4 is 23.7 Å². The molecule has 0 aliphatic heterocycles. The second kappa shape index (κ2) is 7.82. The lowest BCUT2D eigenvalue weighted by Gasteiger charge is -2.09. The lowest BCUT2D eigenvalue weighted by molar-refractivity contribution is -0.134. The SMILES string of the molecule is CCC(=O)Oc1ccc(OC(=O)Nc2ccc(O)c(C(=O)O)c2)cc1. The van der Waals surface area contributed by atoms with Gasteiger partial charge >= 0.3 is 18.0 Å². The van der Waals surface area contributed by atoms with Gasteiger partial charge in [-0.25, -0.2) is 9.59 Å². The van der Waals surface area contributed by atoms with Crippen LogP contribution in [0.4, 0.5) is 10.5 Å². The fourth-order valence-electron chi connectivity index (χ4n) is 1.81. The van der Waals surface area contributed by atoms with E-state index < -0.39 is 17.8 Å². The summed E-state index contributed by atoms with van der Waals surface area (Å²) in [5.41, 5.74) is -0.200. The summed E-state index contributed by atoms with van der Waals surface area (Å²) in [6.45, 7) is 1.67. The molecule has 0 fully saturated rings. The average Bonchev–Trinajstić information content (AvgIpc) is 2.58. The summed E-state index contributed by atoms with van der Waals surface area (Å²) >= 11 is 0. The molecule has 25 heavy (non-hydrogen) atoms. The van der Waals surface area contributed by atoms with Crippen molar-refractivity contribution in [3.8, 4) is 17.2 Å². The Labute approximate surface area is 142 Å². The number of carboxylic acids is 1. The third-order valence-corrected chi connectivity index (χ3v) is 3.03. The van der Waals surface area contributed by atoms with Crippen LogP contribution in [-0.2, 0) is 4.79 Å². The van der Waals surface area contributed by atoms with E-state index in [0.29, 0.717) is 5.75 Å². The molecule has 2 aromatic rings. The molecule has 0 radical (unpaired) electrons. The summed E-state index contributed by atoms with van der Waals surface area (Å²) < 4.78 is 10.0. The zero-order chi connectivity index (χ0) is 18.4. The van der Waals surface area contributed by atoms with Crippen molar-refractivity contribution in [1.29, 1.82) is 0 Å². The number of phenols is 1. The lowest BCUT2D eigenvalue weighted by atomic mass is 10.2. The Morgan fingerprint density at radius 2 is 1.60 bits per heavy atom. The van der Waals surface area contributed by atoms with Gasteiger partial charge < -0.3 is 19.7 Å². The predicted octanol–water partition coefficient (Wildman–Crippen LogP) is 3.02. The van der Waals surface area contributed by atoms with E-state index in [1.54, 1.807) is 6.92 Å². The second-order valence-electron chi connectivity index (χ2n) is 4.85. The highest BCUT2D eigenvalue weighted by molar-refractivity contribution is 5.94. The Bertz CT molecular complexity index is 799. The van der Waals surface area contributed by atoms with Crippen molar-refractivity contribution in [3.63, 3.8) is 0 Å². The fourth-order valence-corrected chi connectivity index (χ4v) is 1.81. The number of nitrogens with one attached hydrogen (secondary N) is 1. The third-order valence-electron chi connectivity index (χ3n) is 3.03. The molecule has 0 saturated carbocycles. The van der Waals surface area contributed by atoms with Crippen LogP contribution < -0.4 is 14.8 Å². The molecule has 0 saturated heterocycles. The van der Waals surface area contributed by atoms with Crippen molar-refractivity contribution in [1.82, 2.24) is 0 Å². The van der Waals surface area contributed by atoms with Gasteiger partial charge in [-0.1, -0.05) is 6.92 Å². The second-order valence-corrected chi connectivity index (χ2v) is 4.85. The van der Waals surface area contributed by atoms with Crippen molar-refractivity contribution in [2.24, 2.45) is 0 Å². The number of benzene rings is 2. The van der Waals surface area contributed by atoms with Crippen molar-refractivity contribution < 1.29 is 34.1 Å². The Morgan fingerprint density at radius 1 is 1.00 bits per heavy atom. The maximum absolute atomic E-state index is 11.8. The van der Waals surface area contributed by atoms with Crippen LogP contribution in [-0.4, -0.2) is 28.2 Å².